The lowest BCUT2D eigenvalue weighted by Crippen LogP contribution is -2.07. The number of nitrogens with one attached hydrogen (secondary N) is 1. The van der Waals surface area contributed by atoms with Crippen LogP contribution in [0.2, 0.25) is 0 Å². The van der Waals surface area contributed by atoms with Gasteiger partial charge in [0.2, 0.25) is 0 Å². The molecular weight excluding hydrogens is 246 g/mol. The second-order valence-corrected chi connectivity index (χ2v) is 5.38. The van der Waals surface area contributed by atoms with E-state index in [1.165, 1.54) is 11.1 Å². The van der Waals surface area contributed by atoms with Crippen molar-refractivity contribution in [2.24, 2.45) is 0 Å². The van der Waals surface area contributed by atoms with Crippen molar-refractivity contribution < 1.29 is 0 Å². The van der Waals surface area contributed by atoms with Crippen molar-refractivity contribution in [2.75, 3.05) is 0 Å². The first-order valence-corrected chi connectivity index (χ1v) is 6.76. The molecule has 0 aliphatic carbocycles. The quantitative estimate of drug-likeness (QED) is 0.703. The molecule has 0 spiro atoms. The van der Waals surface area contributed by atoms with Crippen LogP contribution in [0.4, 0.5) is 0 Å². The van der Waals surface area contributed by atoms with Crippen LogP contribution in [0.1, 0.15) is 16.7 Å². The van der Waals surface area contributed by atoms with Gasteiger partial charge in [0.05, 0.1) is 0 Å². The van der Waals surface area contributed by atoms with E-state index in [4.69, 9.17) is 0 Å². The number of aryl methyl sites for hydroxylation is 3. The van der Waals surface area contributed by atoms with Gasteiger partial charge in [-0.05, 0) is 49.6 Å². The third-order valence-corrected chi connectivity index (χ3v) is 3.86. The molecule has 3 rings (SSSR count). The molecule has 1 heterocycles. The first kappa shape index (κ1) is 12.7. The van der Waals surface area contributed by atoms with E-state index < -0.39 is 0 Å². The van der Waals surface area contributed by atoms with Crippen LogP contribution in [-0.2, 0) is 0 Å². The molecule has 0 atom stereocenters. The zero-order valence-electron chi connectivity index (χ0n) is 11.9. The number of benzene rings is 2. The van der Waals surface area contributed by atoms with Crippen molar-refractivity contribution in [1.82, 2.24) is 4.98 Å². The van der Waals surface area contributed by atoms with Gasteiger partial charge >= 0.3 is 0 Å². The zero-order valence-corrected chi connectivity index (χ0v) is 11.9. The van der Waals surface area contributed by atoms with E-state index >= 15 is 0 Å². The highest BCUT2D eigenvalue weighted by Gasteiger charge is 2.08. The fourth-order valence-electron chi connectivity index (χ4n) is 2.43. The molecule has 2 nitrogen and oxygen atoms in total. The molecule has 0 aliphatic rings. The van der Waals surface area contributed by atoms with Crippen LogP contribution in [0, 0.1) is 20.8 Å². The van der Waals surface area contributed by atoms with Gasteiger partial charge in [0.25, 0.3) is 0 Å². The van der Waals surface area contributed by atoms with Gasteiger partial charge < -0.3 is 4.98 Å². The Morgan fingerprint density at radius 2 is 1.55 bits per heavy atom. The summed E-state index contributed by atoms with van der Waals surface area (Å²) in [5, 5.41) is 0.756. The molecule has 100 valence electrons. The topological polar surface area (TPSA) is 32.9 Å². The molecule has 0 aliphatic heterocycles. The Bertz CT molecular complexity index is 842. The molecule has 0 bridgehead atoms. The lowest BCUT2D eigenvalue weighted by Gasteiger charge is -2.07. The summed E-state index contributed by atoms with van der Waals surface area (Å²) in [4.78, 5) is 15.9. The summed E-state index contributed by atoms with van der Waals surface area (Å²) >= 11 is 0. The molecule has 2 aromatic carbocycles. The third kappa shape index (κ3) is 2.03. The van der Waals surface area contributed by atoms with Gasteiger partial charge in [-0.3, -0.25) is 4.79 Å². The summed E-state index contributed by atoms with van der Waals surface area (Å²) in [6.07, 6.45) is 1.81. The van der Waals surface area contributed by atoms with Crippen LogP contribution in [-0.4, -0.2) is 4.98 Å². The number of H-pyrrole nitrogens is 1. The summed E-state index contributed by atoms with van der Waals surface area (Å²) in [6.45, 7) is 6.13. The number of hydrogen-bond acceptors (Lipinski definition) is 1. The Kier molecular flexibility index (Phi) is 2.94. The highest BCUT2D eigenvalue weighted by Crippen LogP contribution is 2.20. The molecule has 0 radical (unpaired) electrons. The maximum atomic E-state index is 12.7. The van der Waals surface area contributed by atoms with Gasteiger partial charge in [-0.2, -0.15) is 0 Å². The average molecular weight is 263 g/mol. The van der Waals surface area contributed by atoms with Gasteiger partial charge in [0.1, 0.15) is 0 Å². The lowest BCUT2D eigenvalue weighted by molar-refractivity contribution is 1.32. The van der Waals surface area contributed by atoms with Crippen LogP contribution >= 0.6 is 0 Å². The van der Waals surface area contributed by atoms with E-state index in [1.807, 2.05) is 56.4 Å². The van der Waals surface area contributed by atoms with E-state index in [0.29, 0.717) is 0 Å². The van der Waals surface area contributed by atoms with Gasteiger partial charge in [0.15, 0.2) is 5.43 Å². The maximum Gasteiger partial charge on any atom is 0.197 e. The molecule has 0 unspecified atom stereocenters. The van der Waals surface area contributed by atoms with Crippen LogP contribution in [0.25, 0.3) is 22.0 Å². The SMILES string of the molecule is Cc1ccc(-c2c[nH]c3cc(C)c(C)cc3c2=O)cc1. The fourth-order valence-corrected chi connectivity index (χ4v) is 2.43. The summed E-state index contributed by atoms with van der Waals surface area (Å²) in [7, 11) is 0. The number of rotatable bonds is 1. The molecule has 0 saturated carbocycles. The molecule has 0 fully saturated rings. The lowest BCUT2D eigenvalue weighted by atomic mass is 10.0. The van der Waals surface area contributed by atoms with Crippen molar-refractivity contribution in [2.45, 2.75) is 20.8 Å². The van der Waals surface area contributed by atoms with Gasteiger partial charge in [-0.25, -0.2) is 0 Å². The first-order valence-electron chi connectivity index (χ1n) is 6.76. The van der Waals surface area contributed by atoms with E-state index in [1.54, 1.807) is 0 Å². The van der Waals surface area contributed by atoms with Crippen LogP contribution in [0.3, 0.4) is 0 Å². The van der Waals surface area contributed by atoms with Crippen LogP contribution in [0.15, 0.2) is 47.4 Å². The van der Waals surface area contributed by atoms with Gasteiger partial charge in [-0.1, -0.05) is 29.8 Å². The van der Waals surface area contributed by atoms with Crippen molar-refractivity contribution in [3.8, 4) is 11.1 Å². The smallest absolute Gasteiger partial charge is 0.197 e. The minimum Gasteiger partial charge on any atom is -0.360 e. The highest BCUT2D eigenvalue weighted by atomic mass is 16.1. The molecular formula is C18H17NO. The normalized spacial score (nSPS) is 10.9. The van der Waals surface area contributed by atoms with E-state index in [-0.39, 0.29) is 5.43 Å². The van der Waals surface area contributed by atoms with Crippen molar-refractivity contribution in [1.29, 1.82) is 0 Å². The molecule has 0 amide bonds. The molecule has 1 aromatic heterocycles. The Morgan fingerprint density at radius 1 is 0.900 bits per heavy atom. The Labute approximate surface area is 118 Å². The van der Waals surface area contributed by atoms with E-state index in [2.05, 4.69) is 11.9 Å². The number of pyridine rings is 1. The van der Waals surface area contributed by atoms with Crippen molar-refractivity contribution in [3.05, 3.63) is 69.5 Å². The van der Waals surface area contributed by atoms with Crippen LogP contribution < -0.4 is 5.43 Å². The van der Waals surface area contributed by atoms with Crippen molar-refractivity contribution in [3.63, 3.8) is 0 Å². The molecule has 1 N–H and O–H groups in total. The highest BCUT2D eigenvalue weighted by molar-refractivity contribution is 5.84. The minimum atomic E-state index is 0.0886. The van der Waals surface area contributed by atoms with Gasteiger partial charge in [0, 0.05) is 22.7 Å². The largest absolute Gasteiger partial charge is 0.360 e. The standard InChI is InChI=1S/C18H17NO/c1-11-4-6-14(7-5-11)16-10-19-17-9-13(3)12(2)8-15(17)18(16)20/h4-10H,1-3H3,(H,19,20). The van der Waals surface area contributed by atoms with Crippen LogP contribution in [0.5, 0.6) is 0 Å². The first-order chi connectivity index (χ1) is 9.56. The summed E-state index contributed by atoms with van der Waals surface area (Å²) in [5.41, 5.74) is 6.19. The van der Waals surface area contributed by atoms with Gasteiger partial charge in [-0.15, -0.1) is 0 Å². The maximum absolute atomic E-state index is 12.7. The fraction of sp³-hybridized carbons (Fsp3) is 0.167. The van der Waals surface area contributed by atoms with E-state index in [9.17, 15) is 4.79 Å². The number of fused-ring (bicyclic) bond motifs is 1. The Morgan fingerprint density at radius 3 is 2.25 bits per heavy atom. The monoisotopic (exact) mass is 263 g/mol. The summed E-state index contributed by atoms with van der Waals surface area (Å²) < 4.78 is 0. The average Bonchev–Trinajstić information content (AvgIpc) is 2.43. The van der Waals surface area contributed by atoms with Crippen molar-refractivity contribution >= 4 is 10.9 Å². The Hall–Kier alpha value is -2.35. The molecule has 3 aromatic rings. The molecule has 20 heavy (non-hydrogen) atoms. The minimum absolute atomic E-state index is 0.0886. The summed E-state index contributed by atoms with van der Waals surface area (Å²) in [6, 6.07) is 12.0. The zero-order chi connectivity index (χ0) is 14.3. The number of hydrogen-bond donors (Lipinski definition) is 1. The second kappa shape index (κ2) is 4.64. The Balaban J connectivity index is 2.28. The number of aromatic nitrogens is 1. The predicted molar refractivity (Wildman–Crippen MR) is 84.2 cm³/mol. The summed E-state index contributed by atoms with van der Waals surface area (Å²) in [5.74, 6) is 0. The second-order valence-electron chi connectivity index (χ2n) is 5.38. The van der Waals surface area contributed by atoms with E-state index in [0.717, 1.165) is 27.6 Å². The molecule has 2 heteroatoms. The predicted octanol–water partition coefficient (Wildman–Crippen LogP) is 4.12. The number of aromatic amines is 1. The third-order valence-electron chi connectivity index (χ3n) is 3.86. The molecule has 0 saturated heterocycles.